The number of anilines is 1. The van der Waals surface area contributed by atoms with Gasteiger partial charge in [-0.15, -0.1) is 0 Å². The summed E-state index contributed by atoms with van der Waals surface area (Å²) in [6.07, 6.45) is 5.98. The van der Waals surface area contributed by atoms with Gasteiger partial charge in [0.1, 0.15) is 5.69 Å². The van der Waals surface area contributed by atoms with Crippen LogP contribution in [0.25, 0.3) is 28.3 Å². The van der Waals surface area contributed by atoms with Crippen LogP contribution in [0.1, 0.15) is 42.6 Å². The molecule has 4 aromatic rings. The average Bonchev–Trinajstić information content (AvgIpc) is 3.37. The number of hydrogen-bond donors (Lipinski definition) is 2. The Morgan fingerprint density at radius 1 is 1.20 bits per heavy atom. The van der Waals surface area contributed by atoms with Crippen molar-refractivity contribution < 1.29 is 9.53 Å². The van der Waals surface area contributed by atoms with Crippen molar-refractivity contribution in [2.45, 2.75) is 45.3 Å². The topological polar surface area (TPSA) is 85.5 Å². The molecule has 8 nitrogen and oxygen atoms in total. The van der Waals surface area contributed by atoms with Crippen LogP contribution in [-0.2, 0) is 11.8 Å². The Kier molecular flexibility index (Phi) is 5.84. The molecule has 3 aromatic heterocycles. The van der Waals surface area contributed by atoms with E-state index in [-0.39, 0.29) is 11.5 Å². The van der Waals surface area contributed by atoms with E-state index in [1.165, 1.54) is 0 Å². The number of nitrogens with zero attached hydrogens (tertiary/aromatic N) is 4. The Balaban J connectivity index is 1.57. The zero-order valence-electron chi connectivity index (χ0n) is 20.9. The van der Waals surface area contributed by atoms with Crippen LogP contribution in [0.15, 0.2) is 48.8 Å². The van der Waals surface area contributed by atoms with E-state index in [9.17, 15) is 4.79 Å². The summed E-state index contributed by atoms with van der Waals surface area (Å²) in [5.74, 6) is -0.00828. The number of hydrogen-bond acceptors (Lipinski definition) is 5. The summed E-state index contributed by atoms with van der Waals surface area (Å²) >= 11 is 0. The molecule has 2 N–H and O–H groups in total. The van der Waals surface area contributed by atoms with Crippen LogP contribution in [0.2, 0.25) is 0 Å². The molecule has 0 saturated heterocycles. The predicted octanol–water partition coefficient (Wildman–Crippen LogP) is 4.44. The number of carbonyl (C=O) groups is 1. The summed E-state index contributed by atoms with van der Waals surface area (Å²) in [4.78, 5) is 17.3. The van der Waals surface area contributed by atoms with Crippen molar-refractivity contribution in [1.29, 1.82) is 0 Å². The number of imidazole rings is 1. The Hall–Kier alpha value is -3.65. The van der Waals surface area contributed by atoms with E-state index in [1.807, 2.05) is 85.7 Å². The first-order chi connectivity index (χ1) is 16.8. The molecule has 0 unspecified atom stereocenters. The maximum absolute atomic E-state index is 12.6. The molecule has 1 aliphatic carbocycles. The summed E-state index contributed by atoms with van der Waals surface area (Å²) in [6.45, 7) is 6.66. The molecule has 1 saturated carbocycles. The normalized spacial score (nSPS) is 13.9. The lowest BCUT2D eigenvalue weighted by atomic mass is 10.0. The molecule has 1 fully saturated rings. The van der Waals surface area contributed by atoms with Gasteiger partial charge in [-0.3, -0.25) is 4.79 Å². The van der Waals surface area contributed by atoms with E-state index in [1.54, 1.807) is 7.11 Å². The lowest BCUT2D eigenvalue weighted by Crippen LogP contribution is -2.32. The van der Waals surface area contributed by atoms with E-state index in [2.05, 4.69) is 10.6 Å². The number of aromatic nitrogens is 4. The lowest BCUT2D eigenvalue weighted by molar-refractivity contribution is 0.0344. The third-order valence-electron chi connectivity index (χ3n) is 6.61. The molecule has 0 spiro atoms. The maximum atomic E-state index is 12.6. The first-order valence-corrected chi connectivity index (χ1v) is 12.0. The minimum absolute atomic E-state index is 0.00828. The van der Waals surface area contributed by atoms with Crippen molar-refractivity contribution >= 4 is 17.2 Å². The van der Waals surface area contributed by atoms with Crippen LogP contribution in [0.4, 0.5) is 5.69 Å². The SMILES string of the molecule is COC(C)(C)CNc1cc(-c2cccn2C)nn2c(-c3ccc(C(=O)NC4CC4)c(C)c3)cnc12. The van der Waals surface area contributed by atoms with Crippen molar-refractivity contribution in [2.24, 2.45) is 7.05 Å². The maximum Gasteiger partial charge on any atom is 0.251 e. The van der Waals surface area contributed by atoms with E-state index < -0.39 is 0 Å². The summed E-state index contributed by atoms with van der Waals surface area (Å²) in [5, 5.41) is 11.5. The molecule has 0 aliphatic heterocycles. The fourth-order valence-corrected chi connectivity index (χ4v) is 4.10. The fourth-order valence-electron chi connectivity index (χ4n) is 4.10. The van der Waals surface area contributed by atoms with Gasteiger partial charge in [-0.25, -0.2) is 9.50 Å². The van der Waals surface area contributed by atoms with Crippen LogP contribution in [-0.4, -0.2) is 50.4 Å². The van der Waals surface area contributed by atoms with Gasteiger partial charge in [0.05, 0.1) is 28.9 Å². The van der Waals surface area contributed by atoms with E-state index in [0.29, 0.717) is 18.2 Å². The number of ether oxygens (including phenoxy) is 1. The van der Waals surface area contributed by atoms with Gasteiger partial charge in [0.2, 0.25) is 0 Å². The van der Waals surface area contributed by atoms with Gasteiger partial charge in [-0.05, 0) is 69.5 Å². The van der Waals surface area contributed by atoms with Gasteiger partial charge < -0.3 is 19.9 Å². The van der Waals surface area contributed by atoms with Gasteiger partial charge >= 0.3 is 0 Å². The minimum Gasteiger partial charge on any atom is -0.379 e. The Labute approximate surface area is 205 Å². The monoisotopic (exact) mass is 472 g/mol. The average molecular weight is 473 g/mol. The van der Waals surface area contributed by atoms with E-state index in [0.717, 1.165) is 52.4 Å². The molecule has 1 aliphatic rings. The Morgan fingerprint density at radius 2 is 2.00 bits per heavy atom. The number of carbonyl (C=O) groups excluding carboxylic acids is 1. The van der Waals surface area contributed by atoms with Crippen LogP contribution in [0.3, 0.4) is 0 Å². The standard InChI is InChI=1S/C27H32N6O2/c1-17-13-18(8-11-20(17)26(34)30-19-9-10-19)24-15-28-25-22(29-16-27(2,3)35-5)14-21(31-33(24)25)23-7-6-12-32(23)4/h6-8,11-15,19,29H,9-10,16H2,1-5H3,(H,30,34). The van der Waals surface area contributed by atoms with Gasteiger partial charge in [-0.2, -0.15) is 5.10 Å². The van der Waals surface area contributed by atoms with Crippen molar-refractivity contribution in [3.05, 3.63) is 59.9 Å². The van der Waals surface area contributed by atoms with Gasteiger partial charge in [0.25, 0.3) is 5.91 Å². The fraction of sp³-hybridized carbons (Fsp3) is 0.370. The molecular formula is C27H32N6O2. The molecule has 3 heterocycles. The van der Waals surface area contributed by atoms with Gasteiger partial charge in [0.15, 0.2) is 5.65 Å². The third-order valence-corrected chi connectivity index (χ3v) is 6.61. The number of fused-ring (bicyclic) bond motifs is 1. The zero-order chi connectivity index (χ0) is 24.7. The summed E-state index contributed by atoms with van der Waals surface area (Å²) in [7, 11) is 3.72. The Morgan fingerprint density at radius 3 is 2.66 bits per heavy atom. The van der Waals surface area contributed by atoms with Gasteiger partial charge in [0, 0.05) is 44.1 Å². The van der Waals surface area contributed by atoms with E-state index >= 15 is 0 Å². The summed E-state index contributed by atoms with van der Waals surface area (Å²) in [5.41, 5.74) is 6.56. The van der Waals surface area contributed by atoms with Crippen LogP contribution in [0.5, 0.6) is 0 Å². The number of nitrogens with one attached hydrogen (secondary N) is 2. The van der Waals surface area contributed by atoms with Crippen LogP contribution in [0, 0.1) is 6.92 Å². The molecule has 0 bridgehead atoms. The highest BCUT2D eigenvalue weighted by Gasteiger charge is 2.25. The minimum atomic E-state index is -0.338. The summed E-state index contributed by atoms with van der Waals surface area (Å²) in [6, 6.07) is 12.3. The van der Waals surface area contributed by atoms with Crippen LogP contribution >= 0.6 is 0 Å². The third kappa shape index (κ3) is 4.66. The largest absolute Gasteiger partial charge is 0.379 e. The molecule has 0 atom stereocenters. The highest BCUT2D eigenvalue weighted by molar-refractivity contribution is 5.96. The zero-order valence-corrected chi connectivity index (χ0v) is 20.9. The number of rotatable bonds is 8. The molecule has 35 heavy (non-hydrogen) atoms. The number of aryl methyl sites for hydroxylation is 2. The highest BCUT2D eigenvalue weighted by atomic mass is 16.5. The molecule has 8 heteroatoms. The number of benzene rings is 1. The van der Waals surface area contributed by atoms with Crippen LogP contribution < -0.4 is 10.6 Å². The Bertz CT molecular complexity index is 1400. The molecule has 1 aromatic carbocycles. The predicted molar refractivity (Wildman–Crippen MR) is 138 cm³/mol. The molecule has 1 amide bonds. The molecule has 0 radical (unpaired) electrons. The first kappa shape index (κ1) is 23.1. The van der Waals surface area contributed by atoms with Crippen molar-refractivity contribution in [3.8, 4) is 22.6 Å². The molecular weight excluding hydrogens is 440 g/mol. The molecule has 5 rings (SSSR count). The van der Waals surface area contributed by atoms with Crippen molar-refractivity contribution in [2.75, 3.05) is 19.0 Å². The second-order valence-corrected chi connectivity index (χ2v) is 9.92. The van der Waals surface area contributed by atoms with Crippen molar-refractivity contribution in [3.63, 3.8) is 0 Å². The second kappa shape index (κ2) is 8.85. The number of methoxy groups -OCH3 is 1. The number of amides is 1. The smallest absolute Gasteiger partial charge is 0.251 e. The van der Waals surface area contributed by atoms with Gasteiger partial charge in [-0.1, -0.05) is 6.07 Å². The van der Waals surface area contributed by atoms with Crippen molar-refractivity contribution in [1.82, 2.24) is 24.5 Å². The lowest BCUT2D eigenvalue weighted by Gasteiger charge is -2.24. The summed E-state index contributed by atoms with van der Waals surface area (Å²) < 4.78 is 9.52. The quantitative estimate of drug-likeness (QED) is 0.396. The van der Waals surface area contributed by atoms with E-state index in [4.69, 9.17) is 14.8 Å². The molecule has 182 valence electrons. The highest BCUT2D eigenvalue weighted by Crippen LogP contribution is 2.30. The second-order valence-electron chi connectivity index (χ2n) is 9.92. The first-order valence-electron chi connectivity index (χ1n) is 12.0.